The second-order valence-corrected chi connectivity index (χ2v) is 7.45. The van der Waals surface area contributed by atoms with Gasteiger partial charge in [0.05, 0.1) is 10.4 Å². The lowest BCUT2D eigenvalue weighted by Gasteiger charge is -2.26. The van der Waals surface area contributed by atoms with E-state index in [9.17, 15) is 4.79 Å². The van der Waals surface area contributed by atoms with Crippen LogP contribution in [0.5, 0.6) is 0 Å². The van der Waals surface area contributed by atoms with Crippen LogP contribution in [-0.4, -0.2) is 54.7 Å². The van der Waals surface area contributed by atoms with Gasteiger partial charge in [0.1, 0.15) is 6.61 Å². The van der Waals surface area contributed by atoms with Gasteiger partial charge in [0.25, 0.3) is 0 Å². The SMILES string of the molecule is O=C(NC(Cc1ccccc1)CN1CCCNCC1)OCc1cncs1. The van der Waals surface area contributed by atoms with E-state index in [1.165, 1.54) is 16.9 Å². The van der Waals surface area contributed by atoms with E-state index in [0.717, 1.165) is 50.4 Å². The summed E-state index contributed by atoms with van der Waals surface area (Å²) in [7, 11) is 0. The summed E-state index contributed by atoms with van der Waals surface area (Å²) >= 11 is 1.49. The Morgan fingerprint density at radius 1 is 1.31 bits per heavy atom. The van der Waals surface area contributed by atoms with E-state index in [1.54, 1.807) is 11.7 Å². The third-order valence-electron chi connectivity index (χ3n) is 4.39. The predicted molar refractivity (Wildman–Crippen MR) is 103 cm³/mol. The monoisotopic (exact) mass is 374 g/mol. The van der Waals surface area contributed by atoms with E-state index in [2.05, 4.69) is 32.7 Å². The van der Waals surface area contributed by atoms with Gasteiger partial charge in [-0.05, 0) is 31.5 Å². The Kier molecular flexibility index (Phi) is 7.42. The third-order valence-corrected chi connectivity index (χ3v) is 5.14. The van der Waals surface area contributed by atoms with Gasteiger partial charge in [0.2, 0.25) is 0 Å². The summed E-state index contributed by atoms with van der Waals surface area (Å²) in [5.41, 5.74) is 2.95. The van der Waals surface area contributed by atoms with Crippen molar-refractivity contribution in [2.45, 2.75) is 25.5 Å². The van der Waals surface area contributed by atoms with Crippen molar-refractivity contribution in [3.8, 4) is 0 Å². The molecule has 1 saturated heterocycles. The molecule has 140 valence electrons. The lowest BCUT2D eigenvalue weighted by atomic mass is 10.1. The Balaban J connectivity index is 1.56. The van der Waals surface area contributed by atoms with Gasteiger partial charge in [-0.15, -0.1) is 11.3 Å². The van der Waals surface area contributed by atoms with E-state index in [4.69, 9.17) is 4.74 Å². The van der Waals surface area contributed by atoms with Crippen LogP contribution in [0.15, 0.2) is 42.0 Å². The minimum atomic E-state index is -0.368. The minimum Gasteiger partial charge on any atom is -0.444 e. The van der Waals surface area contributed by atoms with Gasteiger partial charge in [-0.3, -0.25) is 9.88 Å². The van der Waals surface area contributed by atoms with Gasteiger partial charge < -0.3 is 15.4 Å². The zero-order valence-corrected chi connectivity index (χ0v) is 15.7. The van der Waals surface area contributed by atoms with Crippen LogP contribution in [0.3, 0.4) is 0 Å². The van der Waals surface area contributed by atoms with Gasteiger partial charge in [-0.2, -0.15) is 0 Å². The Labute approximate surface area is 158 Å². The fourth-order valence-electron chi connectivity index (χ4n) is 3.11. The first kappa shape index (κ1) is 18.8. The van der Waals surface area contributed by atoms with Crippen molar-refractivity contribution in [2.75, 3.05) is 32.7 Å². The molecule has 1 unspecified atom stereocenters. The number of hydrogen-bond acceptors (Lipinski definition) is 6. The average Bonchev–Trinajstić information content (AvgIpc) is 3.04. The minimum absolute atomic E-state index is 0.0180. The van der Waals surface area contributed by atoms with Crippen molar-refractivity contribution in [3.05, 3.63) is 52.5 Å². The fraction of sp³-hybridized carbons (Fsp3) is 0.474. The van der Waals surface area contributed by atoms with Gasteiger partial charge in [-0.25, -0.2) is 4.79 Å². The number of nitrogens with one attached hydrogen (secondary N) is 2. The van der Waals surface area contributed by atoms with E-state index in [1.807, 2.05) is 18.2 Å². The molecule has 0 aliphatic carbocycles. The molecule has 7 heteroatoms. The number of rotatable bonds is 7. The first-order chi connectivity index (χ1) is 12.8. The molecule has 26 heavy (non-hydrogen) atoms. The number of carbonyl (C=O) groups excluding carboxylic acids is 1. The summed E-state index contributed by atoms with van der Waals surface area (Å²) in [5, 5.41) is 6.48. The molecule has 0 bridgehead atoms. The Morgan fingerprint density at radius 2 is 2.19 bits per heavy atom. The molecule has 1 atom stereocenters. The third kappa shape index (κ3) is 6.40. The maximum Gasteiger partial charge on any atom is 0.407 e. The van der Waals surface area contributed by atoms with Crippen molar-refractivity contribution in [1.29, 1.82) is 0 Å². The Morgan fingerprint density at radius 3 is 3.00 bits per heavy atom. The number of hydrogen-bond donors (Lipinski definition) is 2. The molecule has 0 spiro atoms. The molecular formula is C19H26N4O2S. The molecular weight excluding hydrogens is 348 g/mol. The highest BCUT2D eigenvalue weighted by Gasteiger charge is 2.19. The second kappa shape index (κ2) is 10.3. The van der Waals surface area contributed by atoms with E-state index < -0.39 is 0 Å². The van der Waals surface area contributed by atoms with Gasteiger partial charge in [-0.1, -0.05) is 30.3 Å². The van der Waals surface area contributed by atoms with E-state index in [-0.39, 0.29) is 18.7 Å². The lowest BCUT2D eigenvalue weighted by molar-refractivity contribution is 0.132. The second-order valence-electron chi connectivity index (χ2n) is 6.48. The highest BCUT2D eigenvalue weighted by atomic mass is 32.1. The molecule has 2 N–H and O–H groups in total. The van der Waals surface area contributed by atoms with Crippen LogP contribution >= 0.6 is 11.3 Å². The zero-order chi connectivity index (χ0) is 18.0. The molecule has 1 amide bonds. The maximum absolute atomic E-state index is 12.3. The summed E-state index contributed by atoms with van der Waals surface area (Å²) in [4.78, 5) is 19.6. The number of carbonyl (C=O) groups is 1. The highest BCUT2D eigenvalue weighted by Crippen LogP contribution is 2.09. The molecule has 1 fully saturated rings. The normalized spacial score (nSPS) is 16.6. The average molecular weight is 375 g/mol. The largest absolute Gasteiger partial charge is 0.444 e. The first-order valence-electron chi connectivity index (χ1n) is 9.07. The number of amides is 1. The fourth-order valence-corrected chi connectivity index (χ4v) is 3.62. The van der Waals surface area contributed by atoms with Crippen molar-refractivity contribution in [2.24, 2.45) is 0 Å². The number of ether oxygens (including phenoxy) is 1. The van der Waals surface area contributed by atoms with Crippen LogP contribution in [0.2, 0.25) is 0 Å². The van der Waals surface area contributed by atoms with Crippen molar-refractivity contribution in [1.82, 2.24) is 20.5 Å². The summed E-state index contributed by atoms with van der Waals surface area (Å²) < 4.78 is 5.36. The Hall–Kier alpha value is -1.96. The van der Waals surface area contributed by atoms with E-state index in [0.29, 0.717) is 0 Å². The van der Waals surface area contributed by atoms with Gasteiger partial charge in [0.15, 0.2) is 0 Å². The van der Waals surface area contributed by atoms with Crippen molar-refractivity contribution in [3.63, 3.8) is 0 Å². The van der Waals surface area contributed by atoms with Crippen LogP contribution in [-0.2, 0) is 17.8 Å². The molecule has 1 aromatic heterocycles. The van der Waals surface area contributed by atoms with Crippen LogP contribution in [0.25, 0.3) is 0 Å². The molecule has 1 aliphatic heterocycles. The summed E-state index contributed by atoms with van der Waals surface area (Å²) in [6.45, 7) is 5.20. The lowest BCUT2D eigenvalue weighted by Crippen LogP contribution is -2.46. The number of nitrogens with zero attached hydrogens (tertiary/aromatic N) is 2. The van der Waals surface area contributed by atoms with Crippen LogP contribution in [0.1, 0.15) is 16.9 Å². The number of thiazole rings is 1. The predicted octanol–water partition coefficient (Wildman–Crippen LogP) is 2.28. The summed E-state index contributed by atoms with van der Waals surface area (Å²) in [6, 6.07) is 10.3. The van der Waals surface area contributed by atoms with Gasteiger partial charge >= 0.3 is 6.09 Å². The molecule has 2 heterocycles. The molecule has 3 rings (SSSR count). The standard InChI is InChI=1S/C19H26N4O2S/c24-19(25-14-18-12-21-15-26-18)22-17(11-16-5-2-1-3-6-16)13-23-9-4-7-20-8-10-23/h1-3,5-6,12,15,17,20H,4,7-11,13-14H2,(H,22,24). The molecule has 1 aromatic carbocycles. The van der Waals surface area contributed by atoms with Crippen molar-refractivity contribution < 1.29 is 9.53 Å². The zero-order valence-electron chi connectivity index (χ0n) is 14.9. The molecule has 2 aromatic rings. The molecule has 6 nitrogen and oxygen atoms in total. The first-order valence-corrected chi connectivity index (χ1v) is 9.95. The van der Waals surface area contributed by atoms with E-state index >= 15 is 0 Å². The van der Waals surface area contributed by atoms with Crippen LogP contribution in [0.4, 0.5) is 4.79 Å². The molecule has 0 saturated carbocycles. The number of alkyl carbamates (subject to hydrolysis) is 1. The summed E-state index contributed by atoms with van der Waals surface area (Å²) in [6.07, 6.45) is 3.28. The molecule has 1 aliphatic rings. The molecule has 0 radical (unpaired) electrons. The quantitative estimate of drug-likeness (QED) is 0.778. The maximum atomic E-state index is 12.3. The van der Waals surface area contributed by atoms with Crippen molar-refractivity contribution >= 4 is 17.4 Å². The Bertz CT molecular complexity index is 643. The highest BCUT2D eigenvalue weighted by molar-refractivity contribution is 7.09. The topological polar surface area (TPSA) is 66.5 Å². The number of aromatic nitrogens is 1. The number of benzene rings is 1. The summed E-state index contributed by atoms with van der Waals surface area (Å²) in [5.74, 6) is 0. The smallest absolute Gasteiger partial charge is 0.407 e. The van der Waals surface area contributed by atoms with Gasteiger partial charge in [0, 0.05) is 31.9 Å². The van der Waals surface area contributed by atoms with Crippen LogP contribution < -0.4 is 10.6 Å². The van der Waals surface area contributed by atoms with Crippen LogP contribution in [0, 0.1) is 0 Å².